The monoisotopic (exact) mass is 214 g/mol. The van der Waals surface area contributed by atoms with Gasteiger partial charge in [-0.3, -0.25) is 4.79 Å². The molecule has 1 saturated carbocycles. The Morgan fingerprint density at radius 1 is 1.57 bits per heavy atom. The van der Waals surface area contributed by atoms with Crippen molar-refractivity contribution in [2.45, 2.75) is 33.1 Å². The maximum Gasteiger partial charge on any atom is 0.220 e. The van der Waals surface area contributed by atoms with Gasteiger partial charge in [-0.15, -0.1) is 0 Å². The lowest BCUT2D eigenvalue weighted by Gasteiger charge is -2.23. The minimum absolute atomic E-state index is 0.122. The largest absolute Gasteiger partial charge is 0.393 e. The first-order chi connectivity index (χ1) is 6.42. The number of carbonyl (C=O) groups is 1. The van der Waals surface area contributed by atoms with E-state index in [1.807, 2.05) is 13.8 Å². The second kappa shape index (κ2) is 4.26. The zero-order chi connectivity index (χ0) is 10.8. The molecule has 3 nitrogen and oxygen atoms in total. The van der Waals surface area contributed by atoms with Crippen molar-refractivity contribution in [3.63, 3.8) is 0 Å². The Labute approximate surface area is 90.4 Å². The normalized spacial score (nSPS) is 16.4. The Balaban J connectivity index is 2.24. The molecule has 0 radical (unpaired) electrons. The Morgan fingerprint density at radius 2 is 2.14 bits per heavy atom. The molecule has 80 valence electrons. The number of nitrogens with one attached hydrogen (secondary N) is 1. The highest BCUT2D eigenvalue weighted by Crippen LogP contribution is 2.32. The van der Waals surface area contributed by atoms with Crippen LogP contribution in [0.4, 0.5) is 0 Å². The van der Waals surface area contributed by atoms with E-state index in [2.05, 4.69) is 5.32 Å². The summed E-state index contributed by atoms with van der Waals surface area (Å²) in [7, 11) is 0. The summed E-state index contributed by atoms with van der Waals surface area (Å²) < 4.78 is 0. The standard InChI is InChI=1S/C10H18N2OS/c1-10(2,9(11)14)6-12-8(13)5-7-3-4-7/h7H,3-6H2,1-2H3,(H2,11,14)(H,12,13). The van der Waals surface area contributed by atoms with Crippen LogP contribution in [0.1, 0.15) is 33.1 Å². The summed E-state index contributed by atoms with van der Waals surface area (Å²) in [4.78, 5) is 11.8. The number of thiocarbonyl (C=S) groups is 1. The smallest absolute Gasteiger partial charge is 0.220 e. The zero-order valence-corrected chi connectivity index (χ0v) is 9.62. The first kappa shape index (κ1) is 11.4. The summed E-state index contributed by atoms with van der Waals surface area (Å²) in [6, 6.07) is 0. The number of rotatable bonds is 5. The molecule has 0 aromatic carbocycles. The first-order valence-corrected chi connectivity index (χ1v) is 5.39. The predicted molar refractivity (Wildman–Crippen MR) is 60.9 cm³/mol. The minimum atomic E-state index is -0.283. The molecule has 0 saturated heterocycles. The molecule has 0 spiro atoms. The molecule has 0 aromatic heterocycles. The van der Waals surface area contributed by atoms with Crippen molar-refractivity contribution >= 4 is 23.1 Å². The number of carbonyl (C=O) groups excluding carboxylic acids is 1. The minimum Gasteiger partial charge on any atom is -0.393 e. The Kier molecular flexibility index (Phi) is 3.48. The van der Waals surface area contributed by atoms with E-state index < -0.39 is 0 Å². The fourth-order valence-corrected chi connectivity index (χ4v) is 1.14. The quantitative estimate of drug-likeness (QED) is 0.676. The molecule has 1 rings (SSSR count). The Bertz CT molecular complexity index is 247. The summed E-state index contributed by atoms with van der Waals surface area (Å²) in [6.45, 7) is 4.41. The van der Waals surface area contributed by atoms with Gasteiger partial charge in [0.1, 0.15) is 0 Å². The van der Waals surface area contributed by atoms with Gasteiger partial charge in [0.05, 0.1) is 4.99 Å². The lowest BCUT2D eigenvalue weighted by Crippen LogP contribution is -2.41. The van der Waals surface area contributed by atoms with Gasteiger partial charge < -0.3 is 11.1 Å². The van der Waals surface area contributed by atoms with Gasteiger partial charge in [0, 0.05) is 18.4 Å². The molecule has 1 aliphatic rings. The van der Waals surface area contributed by atoms with Crippen molar-refractivity contribution in [1.29, 1.82) is 0 Å². The topological polar surface area (TPSA) is 55.1 Å². The molecule has 14 heavy (non-hydrogen) atoms. The van der Waals surface area contributed by atoms with Crippen LogP contribution in [0.3, 0.4) is 0 Å². The SMILES string of the molecule is CC(C)(CNC(=O)CC1CC1)C(N)=S. The van der Waals surface area contributed by atoms with Gasteiger partial charge in [-0.1, -0.05) is 26.1 Å². The predicted octanol–water partition coefficient (Wildman–Crippen LogP) is 1.22. The van der Waals surface area contributed by atoms with Crippen LogP contribution >= 0.6 is 12.2 Å². The van der Waals surface area contributed by atoms with Crippen molar-refractivity contribution < 1.29 is 4.79 Å². The summed E-state index contributed by atoms with van der Waals surface area (Å²) in [5.74, 6) is 0.750. The van der Waals surface area contributed by atoms with Gasteiger partial charge in [-0.25, -0.2) is 0 Å². The van der Waals surface area contributed by atoms with Crippen molar-refractivity contribution in [3.8, 4) is 0 Å². The zero-order valence-electron chi connectivity index (χ0n) is 8.80. The maximum absolute atomic E-state index is 11.4. The third kappa shape index (κ3) is 3.62. The van der Waals surface area contributed by atoms with Crippen LogP contribution in [0.5, 0.6) is 0 Å². The third-order valence-electron chi connectivity index (χ3n) is 2.57. The Morgan fingerprint density at radius 3 is 2.57 bits per heavy atom. The molecular weight excluding hydrogens is 196 g/mol. The number of nitrogens with two attached hydrogens (primary N) is 1. The molecule has 0 bridgehead atoms. The fourth-order valence-electron chi connectivity index (χ4n) is 1.06. The summed E-state index contributed by atoms with van der Waals surface area (Å²) in [5, 5.41) is 2.87. The van der Waals surface area contributed by atoms with E-state index >= 15 is 0 Å². The molecule has 1 amide bonds. The van der Waals surface area contributed by atoms with Crippen LogP contribution in [0.25, 0.3) is 0 Å². The van der Waals surface area contributed by atoms with Crippen molar-refractivity contribution in [3.05, 3.63) is 0 Å². The summed E-state index contributed by atoms with van der Waals surface area (Å²) in [6.07, 6.45) is 3.06. The molecule has 0 heterocycles. The van der Waals surface area contributed by atoms with Gasteiger partial charge >= 0.3 is 0 Å². The number of hydrogen-bond acceptors (Lipinski definition) is 2. The van der Waals surface area contributed by atoms with E-state index in [9.17, 15) is 4.79 Å². The molecule has 0 aliphatic heterocycles. The molecule has 0 atom stereocenters. The summed E-state index contributed by atoms with van der Waals surface area (Å²) in [5.41, 5.74) is 5.27. The molecule has 1 fully saturated rings. The fraction of sp³-hybridized carbons (Fsp3) is 0.800. The van der Waals surface area contributed by atoms with Crippen molar-refractivity contribution in [2.24, 2.45) is 17.1 Å². The van der Waals surface area contributed by atoms with Crippen LogP contribution in [0.2, 0.25) is 0 Å². The number of hydrogen-bond donors (Lipinski definition) is 2. The number of amides is 1. The van der Waals surface area contributed by atoms with E-state index in [0.29, 0.717) is 23.9 Å². The van der Waals surface area contributed by atoms with E-state index in [1.54, 1.807) is 0 Å². The van der Waals surface area contributed by atoms with Gasteiger partial charge in [0.15, 0.2) is 0 Å². The Hall–Kier alpha value is -0.640. The van der Waals surface area contributed by atoms with E-state index in [0.717, 1.165) is 0 Å². The molecule has 0 unspecified atom stereocenters. The van der Waals surface area contributed by atoms with Gasteiger partial charge in [-0.05, 0) is 18.8 Å². The molecule has 0 aromatic rings. The van der Waals surface area contributed by atoms with Crippen molar-refractivity contribution in [2.75, 3.05) is 6.54 Å². The summed E-state index contributed by atoms with van der Waals surface area (Å²) >= 11 is 4.91. The molecule has 1 aliphatic carbocycles. The lowest BCUT2D eigenvalue weighted by atomic mass is 9.93. The molecule has 4 heteroatoms. The van der Waals surface area contributed by atoms with E-state index in [-0.39, 0.29) is 11.3 Å². The van der Waals surface area contributed by atoms with Crippen LogP contribution in [-0.4, -0.2) is 17.4 Å². The van der Waals surface area contributed by atoms with Gasteiger partial charge in [0.25, 0.3) is 0 Å². The van der Waals surface area contributed by atoms with Crippen LogP contribution in [0, 0.1) is 11.3 Å². The van der Waals surface area contributed by atoms with Gasteiger partial charge in [0.2, 0.25) is 5.91 Å². The van der Waals surface area contributed by atoms with E-state index in [1.165, 1.54) is 12.8 Å². The third-order valence-corrected chi connectivity index (χ3v) is 3.12. The highest BCUT2D eigenvalue weighted by atomic mass is 32.1. The highest BCUT2D eigenvalue weighted by Gasteiger charge is 2.26. The molecule has 3 N–H and O–H groups in total. The van der Waals surface area contributed by atoms with Crippen molar-refractivity contribution in [1.82, 2.24) is 5.32 Å². The second-order valence-corrected chi connectivity index (χ2v) is 5.11. The van der Waals surface area contributed by atoms with Crippen LogP contribution in [-0.2, 0) is 4.79 Å². The van der Waals surface area contributed by atoms with E-state index in [4.69, 9.17) is 18.0 Å². The van der Waals surface area contributed by atoms with Crippen LogP contribution < -0.4 is 11.1 Å². The first-order valence-electron chi connectivity index (χ1n) is 4.98. The second-order valence-electron chi connectivity index (χ2n) is 4.67. The average Bonchev–Trinajstić information content (AvgIpc) is 2.85. The maximum atomic E-state index is 11.4. The average molecular weight is 214 g/mol. The van der Waals surface area contributed by atoms with Gasteiger partial charge in [-0.2, -0.15) is 0 Å². The van der Waals surface area contributed by atoms with Crippen LogP contribution in [0.15, 0.2) is 0 Å². The molecular formula is C10H18N2OS. The lowest BCUT2D eigenvalue weighted by molar-refractivity contribution is -0.121. The highest BCUT2D eigenvalue weighted by molar-refractivity contribution is 7.80.